The Morgan fingerprint density at radius 1 is 1.26 bits per heavy atom. The molecule has 19 heavy (non-hydrogen) atoms. The molecule has 0 bridgehead atoms. The molecule has 0 atom stereocenters. The second kappa shape index (κ2) is 5.75. The number of rotatable bonds is 4. The number of nitrogens with one attached hydrogen (secondary N) is 1. The van der Waals surface area contributed by atoms with Crippen LogP contribution in [0.5, 0.6) is 11.5 Å². The maximum Gasteiger partial charge on any atom is 0.268 e. The SMILES string of the molecule is COc1ccc(OC)c(-c2cc(CCl)c(=O)[nH]n2)c1. The van der Waals surface area contributed by atoms with E-state index in [9.17, 15) is 4.79 Å². The van der Waals surface area contributed by atoms with E-state index >= 15 is 0 Å². The lowest BCUT2D eigenvalue weighted by molar-refractivity contribution is 0.404. The van der Waals surface area contributed by atoms with Gasteiger partial charge in [0.15, 0.2) is 0 Å². The van der Waals surface area contributed by atoms with Crippen molar-refractivity contribution in [2.45, 2.75) is 5.88 Å². The van der Waals surface area contributed by atoms with Crippen molar-refractivity contribution in [1.29, 1.82) is 0 Å². The van der Waals surface area contributed by atoms with Crippen molar-refractivity contribution in [3.63, 3.8) is 0 Å². The zero-order valence-corrected chi connectivity index (χ0v) is 11.3. The summed E-state index contributed by atoms with van der Waals surface area (Å²) in [6, 6.07) is 7.00. The third kappa shape index (κ3) is 2.71. The van der Waals surface area contributed by atoms with Gasteiger partial charge in [0.25, 0.3) is 5.56 Å². The van der Waals surface area contributed by atoms with Gasteiger partial charge < -0.3 is 9.47 Å². The quantitative estimate of drug-likeness (QED) is 0.872. The molecule has 1 aromatic carbocycles. The first-order valence-corrected chi connectivity index (χ1v) is 6.10. The van der Waals surface area contributed by atoms with Gasteiger partial charge in [-0.2, -0.15) is 5.10 Å². The lowest BCUT2D eigenvalue weighted by Gasteiger charge is -2.10. The van der Waals surface area contributed by atoms with Gasteiger partial charge in [-0.25, -0.2) is 5.10 Å². The molecule has 0 aliphatic carbocycles. The maximum atomic E-state index is 11.5. The molecule has 6 heteroatoms. The summed E-state index contributed by atoms with van der Waals surface area (Å²) in [4.78, 5) is 11.5. The van der Waals surface area contributed by atoms with E-state index in [1.165, 1.54) is 0 Å². The number of ether oxygens (including phenoxy) is 2. The molecule has 1 aromatic heterocycles. The second-order valence-corrected chi connectivity index (χ2v) is 4.07. The monoisotopic (exact) mass is 280 g/mol. The van der Waals surface area contributed by atoms with Crippen LogP contribution in [-0.4, -0.2) is 24.4 Å². The molecule has 0 unspecified atom stereocenters. The second-order valence-electron chi connectivity index (χ2n) is 3.81. The van der Waals surface area contributed by atoms with Crippen LogP contribution in [0, 0.1) is 0 Å². The minimum Gasteiger partial charge on any atom is -0.497 e. The van der Waals surface area contributed by atoms with Crippen LogP contribution in [-0.2, 0) is 5.88 Å². The highest BCUT2D eigenvalue weighted by Gasteiger charge is 2.11. The zero-order chi connectivity index (χ0) is 13.8. The Kier molecular flexibility index (Phi) is 4.06. The van der Waals surface area contributed by atoms with Crippen molar-refractivity contribution in [2.75, 3.05) is 14.2 Å². The van der Waals surface area contributed by atoms with Crippen molar-refractivity contribution in [3.05, 3.63) is 40.2 Å². The number of benzene rings is 1. The van der Waals surface area contributed by atoms with E-state index in [0.29, 0.717) is 22.8 Å². The van der Waals surface area contributed by atoms with E-state index in [4.69, 9.17) is 21.1 Å². The van der Waals surface area contributed by atoms with E-state index in [0.717, 1.165) is 5.56 Å². The summed E-state index contributed by atoms with van der Waals surface area (Å²) in [5, 5.41) is 6.43. The molecule has 1 N–H and O–H groups in total. The fraction of sp³-hybridized carbons (Fsp3) is 0.231. The van der Waals surface area contributed by atoms with Crippen molar-refractivity contribution in [1.82, 2.24) is 10.2 Å². The molecule has 0 spiro atoms. The van der Waals surface area contributed by atoms with Gasteiger partial charge in [0, 0.05) is 11.1 Å². The van der Waals surface area contributed by atoms with E-state index in [1.807, 2.05) is 0 Å². The highest BCUT2D eigenvalue weighted by atomic mass is 35.5. The van der Waals surface area contributed by atoms with Gasteiger partial charge in [-0.05, 0) is 24.3 Å². The average Bonchev–Trinajstić information content (AvgIpc) is 2.47. The average molecular weight is 281 g/mol. The molecular weight excluding hydrogens is 268 g/mol. The summed E-state index contributed by atoms with van der Waals surface area (Å²) in [6.07, 6.45) is 0. The summed E-state index contributed by atoms with van der Waals surface area (Å²) in [5.74, 6) is 1.44. The summed E-state index contributed by atoms with van der Waals surface area (Å²) in [7, 11) is 3.15. The fourth-order valence-corrected chi connectivity index (χ4v) is 1.90. The van der Waals surface area contributed by atoms with Crippen LogP contribution in [0.1, 0.15) is 5.56 Å². The van der Waals surface area contributed by atoms with E-state index in [1.54, 1.807) is 38.5 Å². The number of hydrogen-bond acceptors (Lipinski definition) is 4. The number of methoxy groups -OCH3 is 2. The van der Waals surface area contributed by atoms with Crippen LogP contribution >= 0.6 is 11.6 Å². The van der Waals surface area contributed by atoms with E-state index in [2.05, 4.69) is 10.2 Å². The van der Waals surface area contributed by atoms with Gasteiger partial charge in [-0.3, -0.25) is 4.79 Å². The van der Waals surface area contributed by atoms with Crippen molar-refractivity contribution < 1.29 is 9.47 Å². The molecular formula is C13H13ClN2O3. The predicted octanol–water partition coefficient (Wildman–Crippen LogP) is 2.19. The topological polar surface area (TPSA) is 64.2 Å². The van der Waals surface area contributed by atoms with Crippen LogP contribution in [0.4, 0.5) is 0 Å². The minimum absolute atomic E-state index is 0.122. The lowest BCUT2D eigenvalue weighted by atomic mass is 10.1. The van der Waals surface area contributed by atoms with Crippen LogP contribution in [0.15, 0.2) is 29.1 Å². The van der Waals surface area contributed by atoms with Gasteiger partial charge in [-0.15, -0.1) is 11.6 Å². The summed E-state index contributed by atoms with van der Waals surface area (Å²) in [5.41, 5.74) is 1.47. The largest absolute Gasteiger partial charge is 0.497 e. The van der Waals surface area contributed by atoms with Crippen LogP contribution < -0.4 is 15.0 Å². The highest BCUT2D eigenvalue weighted by molar-refractivity contribution is 6.17. The molecule has 0 amide bonds. The number of halogens is 1. The zero-order valence-electron chi connectivity index (χ0n) is 10.6. The molecule has 0 aliphatic rings. The molecule has 2 aromatic rings. The maximum absolute atomic E-state index is 11.5. The van der Waals surface area contributed by atoms with Crippen LogP contribution in [0.3, 0.4) is 0 Å². The van der Waals surface area contributed by atoms with Crippen molar-refractivity contribution in [3.8, 4) is 22.8 Å². The molecule has 1 heterocycles. The Balaban J connectivity index is 2.59. The molecule has 100 valence electrons. The number of nitrogens with zero attached hydrogens (tertiary/aromatic N) is 1. The Bertz CT molecular complexity index is 640. The number of hydrogen-bond donors (Lipinski definition) is 1. The minimum atomic E-state index is -0.291. The summed E-state index contributed by atoms with van der Waals surface area (Å²) < 4.78 is 10.5. The van der Waals surface area contributed by atoms with Gasteiger partial charge in [-0.1, -0.05) is 0 Å². The molecule has 0 fully saturated rings. The van der Waals surface area contributed by atoms with Gasteiger partial charge in [0.2, 0.25) is 0 Å². The lowest BCUT2D eigenvalue weighted by Crippen LogP contribution is -2.13. The van der Waals surface area contributed by atoms with Gasteiger partial charge in [0.1, 0.15) is 11.5 Å². The molecule has 0 radical (unpaired) electrons. The van der Waals surface area contributed by atoms with Crippen molar-refractivity contribution >= 4 is 11.6 Å². The first kappa shape index (κ1) is 13.4. The Morgan fingerprint density at radius 2 is 2.05 bits per heavy atom. The van der Waals surface area contributed by atoms with E-state index < -0.39 is 0 Å². The van der Waals surface area contributed by atoms with Gasteiger partial charge in [0.05, 0.1) is 25.8 Å². The molecule has 5 nitrogen and oxygen atoms in total. The van der Waals surface area contributed by atoms with Crippen molar-refractivity contribution in [2.24, 2.45) is 0 Å². The Morgan fingerprint density at radius 3 is 2.68 bits per heavy atom. The molecule has 0 aliphatic heterocycles. The first-order chi connectivity index (χ1) is 9.19. The Labute approximate surface area is 115 Å². The number of aromatic amines is 1. The fourth-order valence-electron chi connectivity index (χ4n) is 1.70. The third-order valence-corrected chi connectivity index (χ3v) is 2.99. The third-order valence-electron chi connectivity index (χ3n) is 2.71. The predicted molar refractivity (Wildman–Crippen MR) is 73.0 cm³/mol. The molecule has 0 saturated heterocycles. The molecule has 0 saturated carbocycles. The normalized spacial score (nSPS) is 10.3. The first-order valence-electron chi connectivity index (χ1n) is 5.56. The van der Waals surface area contributed by atoms with E-state index in [-0.39, 0.29) is 11.4 Å². The number of aromatic nitrogens is 2. The number of H-pyrrole nitrogens is 1. The van der Waals surface area contributed by atoms with Crippen LogP contribution in [0.25, 0.3) is 11.3 Å². The summed E-state index contributed by atoms with van der Waals surface area (Å²) in [6.45, 7) is 0. The highest BCUT2D eigenvalue weighted by Crippen LogP contribution is 2.31. The smallest absolute Gasteiger partial charge is 0.268 e. The molecule has 2 rings (SSSR count). The number of alkyl halides is 1. The summed E-state index contributed by atoms with van der Waals surface area (Å²) >= 11 is 5.72. The Hall–Kier alpha value is -2.01. The van der Waals surface area contributed by atoms with Gasteiger partial charge >= 0.3 is 0 Å². The van der Waals surface area contributed by atoms with Crippen LogP contribution in [0.2, 0.25) is 0 Å². The standard InChI is InChI=1S/C13H13ClN2O3/c1-18-9-3-4-12(19-2)10(6-9)11-5-8(7-14)13(17)16-15-11/h3-6H,7H2,1-2H3,(H,16,17).